The largest absolute Gasteiger partial charge is 0.494 e. The quantitative estimate of drug-likeness (QED) is 0.476. The Labute approximate surface area is 200 Å². The number of anilines is 1. The minimum Gasteiger partial charge on any atom is -0.494 e. The first-order valence-electron chi connectivity index (χ1n) is 10.8. The topological polar surface area (TPSA) is 80.2 Å². The maximum atomic E-state index is 13.5. The Morgan fingerprint density at radius 2 is 1.85 bits per heavy atom. The molecule has 7 heteroatoms. The molecular weight excluding hydrogens is 484 g/mol. The van der Waals surface area contributed by atoms with Gasteiger partial charge in [0.05, 0.1) is 6.61 Å². The molecule has 168 valence electrons. The number of para-hydroxylation sites is 1. The van der Waals surface area contributed by atoms with Crippen molar-refractivity contribution in [2.24, 2.45) is 4.99 Å². The molecule has 0 saturated carbocycles. The molecule has 2 N–H and O–H groups in total. The molecule has 0 aliphatic carbocycles. The van der Waals surface area contributed by atoms with Gasteiger partial charge >= 0.3 is 0 Å². The van der Waals surface area contributed by atoms with Crippen LogP contribution in [0.25, 0.3) is 0 Å². The van der Waals surface area contributed by atoms with Crippen LogP contribution in [0.1, 0.15) is 29.2 Å². The van der Waals surface area contributed by atoms with E-state index >= 15 is 0 Å². The van der Waals surface area contributed by atoms with Gasteiger partial charge in [-0.25, -0.2) is 4.99 Å². The summed E-state index contributed by atoms with van der Waals surface area (Å²) in [6, 6.07) is 23.0. The van der Waals surface area contributed by atoms with Crippen LogP contribution >= 0.6 is 15.9 Å². The number of aliphatic hydroxyl groups is 1. The number of nitrogens with zero attached hydrogens (tertiary/aromatic N) is 1. The zero-order valence-electron chi connectivity index (χ0n) is 17.8. The number of carbonyl (C=O) groups is 1. The summed E-state index contributed by atoms with van der Waals surface area (Å²) in [5.74, 6) is 0.945. The van der Waals surface area contributed by atoms with Gasteiger partial charge in [0.1, 0.15) is 5.75 Å². The first-order chi connectivity index (χ1) is 16.1. The molecule has 1 spiro atoms. The van der Waals surface area contributed by atoms with E-state index in [1.807, 2.05) is 72.8 Å². The summed E-state index contributed by atoms with van der Waals surface area (Å²) in [5.41, 5.74) is 2.35. The summed E-state index contributed by atoms with van der Waals surface area (Å²) in [7, 11) is 0. The molecule has 2 aliphatic heterocycles. The molecular formula is C26H23BrN2O4. The van der Waals surface area contributed by atoms with E-state index in [1.165, 1.54) is 0 Å². The number of benzene rings is 3. The number of rotatable bonds is 6. The Hall–Kier alpha value is -3.16. The lowest BCUT2D eigenvalue weighted by Crippen LogP contribution is -2.49. The fourth-order valence-corrected chi connectivity index (χ4v) is 4.76. The number of ether oxygens (including phenoxy) is 2. The Kier molecular flexibility index (Phi) is 5.91. The molecule has 3 aromatic rings. The van der Waals surface area contributed by atoms with E-state index in [2.05, 4.69) is 21.2 Å². The standard InChI is InChI=1S/C26H23BrN2O4/c27-21-8-3-2-7-20(21)23-26(16-18-6-1-4-9-22(18)28-25(26)31)29-24(33-23)17-10-12-19(13-11-17)32-15-5-14-30/h1-4,6-13,23,30H,5,14-16H2,(H,28,31)/t23-,26-/m1/s1. The maximum Gasteiger partial charge on any atom is 0.257 e. The van der Waals surface area contributed by atoms with Crippen molar-refractivity contribution in [3.8, 4) is 5.75 Å². The molecule has 2 aliphatic rings. The van der Waals surface area contributed by atoms with Crippen molar-refractivity contribution in [3.63, 3.8) is 0 Å². The van der Waals surface area contributed by atoms with Crippen molar-refractivity contribution in [1.29, 1.82) is 0 Å². The number of hydrogen-bond acceptors (Lipinski definition) is 5. The molecule has 1 amide bonds. The molecule has 33 heavy (non-hydrogen) atoms. The molecule has 2 atom stereocenters. The van der Waals surface area contributed by atoms with Crippen molar-refractivity contribution in [2.75, 3.05) is 18.5 Å². The number of hydrogen-bond donors (Lipinski definition) is 2. The van der Waals surface area contributed by atoms with Crippen LogP contribution in [0, 0.1) is 0 Å². The third-order valence-corrected chi connectivity index (χ3v) is 6.67. The van der Waals surface area contributed by atoms with Gasteiger partial charge in [-0.15, -0.1) is 0 Å². The van der Waals surface area contributed by atoms with Gasteiger partial charge in [-0.05, 0) is 42.0 Å². The number of aliphatic hydroxyl groups excluding tert-OH is 1. The van der Waals surface area contributed by atoms with Gasteiger partial charge in [-0.3, -0.25) is 4.79 Å². The summed E-state index contributed by atoms with van der Waals surface area (Å²) in [6.45, 7) is 0.534. The first-order valence-corrected chi connectivity index (χ1v) is 11.6. The fourth-order valence-electron chi connectivity index (χ4n) is 4.26. The highest BCUT2D eigenvalue weighted by Crippen LogP contribution is 2.47. The molecule has 5 rings (SSSR count). The minimum atomic E-state index is -1.12. The lowest BCUT2D eigenvalue weighted by molar-refractivity contribution is -0.124. The highest BCUT2D eigenvalue weighted by molar-refractivity contribution is 9.10. The van der Waals surface area contributed by atoms with Gasteiger partial charge in [-0.1, -0.05) is 52.3 Å². The Bertz CT molecular complexity index is 1210. The van der Waals surface area contributed by atoms with E-state index in [1.54, 1.807) is 0 Å². The number of aliphatic imine (C=N–C) groups is 1. The number of fused-ring (bicyclic) bond motifs is 1. The summed E-state index contributed by atoms with van der Waals surface area (Å²) in [5, 5.41) is 12.0. The summed E-state index contributed by atoms with van der Waals surface area (Å²) in [4.78, 5) is 18.4. The lowest BCUT2D eigenvalue weighted by Gasteiger charge is -2.35. The number of nitrogens with one attached hydrogen (secondary N) is 1. The monoisotopic (exact) mass is 506 g/mol. The van der Waals surface area contributed by atoms with Gasteiger partial charge in [0, 0.05) is 40.7 Å². The van der Waals surface area contributed by atoms with Gasteiger partial charge in [0.2, 0.25) is 5.90 Å². The highest BCUT2D eigenvalue weighted by Gasteiger charge is 2.55. The van der Waals surface area contributed by atoms with E-state index in [-0.39, 0.29) is 12.5 Å². The molecule has 2 heterocycles. The van der Waals surface area contributed by atoms with Crippen molar-refractivity contribution in [1.82, 2.24) is 0 Å². The van der Waals surface area contributed by atoms with Crippen molar-refractivity contribution < 1.29 is 19.4 Å². The molecule has 0 fully saturated rings. The lowest BCUT2D eigenvalue weighted by atomic mass is 9.79. The zero-order valence-corrected chi connectivity index (χ0v) is 19.4. The first kappa shape index (κ1) is 21.7. The van der Waals surface area contributed by atoms with Crippen LogP contribution in [-0.2, 0) is 16.0 Å². The Morgan fingerprint density at radius 1 is 1.09 bits per heavy atom. The number of halogens is 1. The van der Waals surface area contributed by atoms with E-state index in [0.29, 0.717) is 31.1 Å². The van der Waals surface area contributed by atoms with Crippen LogP contribution in [0.15, 0.2) is 82.3 Å². The molecule has 0 radical (unpaired) electrons. The number of carbonyl (C=O) groups excluding carboxylic acids is 1. The fraction of sp³-hybridized carbons (Fsp3) is 0.231. The molecule has 0 aromatic heterocycles. The van der Waals surface area contributed by atoms with Crippen LogP contribution in [0.3, 0.4) is 0 Å². The van der Waals surface area contributed by atoms with Gasteiger partial charge < -0.3 is 19.9 Å². The third-order valence-electron chi connectivity index (χ3n) is 5.94. The second-order valence-corrected chi connectivity index (χ2v) is 8.95. The van der Waals surface area contributed by atoms with E-state index in [0.717, 1.165) is 26.9 Å². The van der Waals surface area contributed by atoms with E-state index in [9.17, 15) is 4.79 Å². The van der Waals surface area contributed by atoms with Crippen molar-refractivity contribution in [2.45, 2.75) is 24.5 Å². The third kappa shape index (κ3) is 4.03. The van der Waals surface area contributed by atoms with Crippen LogP contribution in [0.4, 0.5) is 5.69 Å². The van der Waals surface area contributed by atoms with Crippen LogP contribution in [0.5, 0.6) is 5.75 Å². The molecule has 0 bridgehead atoms. The maximum absolute atomic E-state index is 13.5. The average molecular weight is 507 g/mol. The van der Waals surface area contributed by atoms with E-state index in [4.69, 9.17) is 19.6 Å². The van der Waals surface area contributed by atoms with Crippen LogP contribution in [-0.4, -0.2) is 35.7 Å². The van der Waals surface area contributed by atoms with Crippen molar-refractivity contribution >= 4 is 33.4 Å². The summed E-state index contributed by atoms with van der Waals surface area (Å²) >= 11 is 3.63. The second kappa shape index (κ2) is 9.00. The number of amides is 1. The predicted octanol–water partition coefficient (Wildman–Crippen LogP) is 4.66. The molecule has 3 aromatic carbocycles. The smallest absolute Gasteiger partial charge is 0.257 e. The Morgan fingerprint density at radius 3 is 2.64 bits per heavy atom. The SMILES string of the molecule is O=C1Nc2ccccc2C[C@]12N=C(c1ccc(OCCCO)cc1)O[C@@H]2c1ccccc1Br. The Balaban J connectivity index is 1.53. The van der Waals surface area contributed by atoms with E-state index < -0.39 is 11.6 Å². The molecule has 6 nitrogen and oxygen atoms in total. The zero-order chi connectivity index (χ0) is 22.8. The summed E-state index contributed by atoms with van der Waals surface area (Å²) < 4.78 is 12.9. The van der Waals surface area contributed by atoms with Gasteiger partial charge in [-0.2, -0.15) is 0 Å². The minimum absolute atomic E-state index is 0.0897. The second-order valence-electron chi connectivity index (χ2n) is 8.10. The van der Waals surface area contributed by atoms with Gasteiger partial charge in [0.25, 0.3) is 5.91 Å². The summed E-state index contributed by atoms with van der Waals surface area (Å²) in [6.07, 6.45) is 0.425. The predicted molar refractivity (Wildman–Crippen MR) is 130 cm³/mol. The average Bonchev–Trinajstić information content (AvgIpc) is 3.20. The van der Waals surface area contributed by atoms with Crippen molar-refractivity contribution in [3.05, 3.63) is 94.0 Å². The molecule has 0 unspecified atom stereocenters. The normalized spacial score (nSPS) is 21.2. The van der Waals surface area contributed by atoms with Crippen LogP contribution < -0.4 is 10.1 Å². The van der Waals surface area contributed by atoms with Gasteiger partial charge in [0.15, 0.2) is 11.6 Å². The van der Waals surface area contributed by atoms with Crippen LogP contribution in [0.2, 0.25) is 0 Å². The highest BCUT2D eigenvalue weighted by atomic mass is 79.9. The molecule has 0 saturated heterocycles.